The second-order valence-electron chi connectivity index (χ2n) is 4.89. The summed E-state index contributed by atoms with van der Waals surface area (Å²) in [5.41, 5.74) is -0.263. The van der Waals surface area contributed by atoms with Gasteiger partial charge < -0.3 is 10.1 Å². The summed E-state index contributed by atoms with van der Waals surface area (Å²) < 4.78 is 5.72. The molecule has 0 saturated heterocycles. The van der Waals surface area contributed by atoms with Crippen molar-refractivity contribution in [1.29, 1.82) is 0 Å². The molecule has 1 amide bonds. The zero-order chi connectivity index (χ0) is 14.6. The lowest BCUT2D eigenvalue weighted by Crippen LogP contribution is -2.42. The molecule has 0 fully saturated rings. The molecule has 0 atom stereocenters. The number of hydrogen-bond acceptors (Lipinski definition) is 2. The molecule has 0 radical (unpaired) electrons. The predicted molar refractivity (Wildman–Crippen MR) is 81.2 cm³/mol. The van der Waals surface area contributed by atoms with Gasteiger partial charge in [0.2, 0.25) is 0 Å². The molecular weight excluding hydrogens is 274 g/mol. The van der Waals surface area contributed by atoms with E-state index in [4.69, 9.17) is 16.3 Å². The fourth-order valence-electron chi connectivity index (χ4n) is 1.67. The van der Waals surface area contributed by atoms with Crippen molar-refractivity contribution >= 4 is 23.2 Å². The molecule has 0 spiro atoms. The Labute approximate surface area is 123 Å². The number of para-hydroxylation sites is 1. The first-order valence-electron chi connectivity index (χ1n) is 6.28. The molecule has 104 valence electrons. The lowest BCUT2D eigenvalue weighted by atomic mass is 10.1. The normalized spacial score (nSPS) is 10.9. The maximum absolute atomic E-state index is 12.3. The average Bonchev–Trinajstić information content (AvgIpc) is 2.39. The smallest absolute Gasteiger partial charge is 0.267 e. The van der Waals surface area contributed by atoms with Crippen LogP contribution in [0.5, 0.6) is 5.75 Å². The third-order valence-corrected chi connectivity index (χ3v) is 2.98. The summed E-state index contributed by atoms with van der Waals surface area (Å²) >= 11 is 5.90. The number of hydrogen-bond donors (Lipinski definition) is 1. The lowest BCUT2D eigenvalue weighted by Gasteiger charge is -2.25. The van der Waals surface area contributed by atoms with E-state index in [2.05, 4.69) is 5.32 Å². The second kappa shape index (κ2) is 5.97. The van der Waals surface area contributed by atoms with Gasteiger partial charge in [0.15, 0.2) is 5.60 Å². The first-order chi connectivity index (χ1) is 9.47. The minimum absolute atomic E-state index is 0.219. The monoisotopic (exact) mass is 289 g/mol. The summed E-state index contributed by atoms with van der Waals surface area (Å²) in [6.45, 7) is 3.43. The van der Waals surface area contributed by atoms with Crippen LogP contribution in [0.2, 0.25) is 5.02 Å². The third kappa shape index (κ3) is 3.75. The number of nitrogens with one attached hydrogen (secondary N) is 1. The van der Waals surface area contributed by atoms with Crippen LogP contribution in [0.4, 0.5) is 5.69 Å². The van der Waals surface area contributed by atoms with Crippen LogP contribution >= 0.6 is 11.6 Å². The van der Waals surface area contributed by atoms with Crippen molar-refractivity contribution in [2.45, 2.75) is 19.4 Å². The van der Waals surface area contributed by atoms with Crippen LogP contribution in [0.3, 0.4) is 0 Å². The van der Waals surface area contributed by atoms with Gasteiger partial charge in [-0.15, -0.1) is 0 Å². The second-order valence-corrected chi connectivity index (χ2v) is 5.33. The van der Waals surface area contributed by atoms with Gasteiger partial charge >= 0.3 is 0 Å². The number of carbonyl (C=O) groups excluding carboxylic acids is 1. The number of amides is 1. The summed E-state index contributed by atoms with van der Waals surface area (Å²) in [7, 11) is 0. The Hall–Kier alpha value is -2.00. The molecular formula is C16H16ClNO2. The molecule has 1 N–H and O–H groups in total. The molecule has 2 rings (SSSR count). The summed E-state index contributed by atoms with van der Waals surface area (Å²) in [4.78, 5) is 12.3. The SMILES string of the molecule is CC(C)(Oc1cccc(Cl)c1)C(=O)Nc1ccccc1. The minimum Gasteiger partial charge on any atom is -0.478 e. The topological polar surface area (TPSA) is 38.3 Å². The van der Waals surface area contributed by atoms with E-state index in [1.807, 2.05) is 30.3 Å². The zero-order valence-electron chi connectivity index (χ0n) is 11.4. The molecule has 0 heterocycles. The third-order valence-electron chi connectivity index (χ3n) is 2.75. The lowest BCUT2D eigenvalue weighted by molar-refractivity contribution is -0.128. The van der Waals surface area contributed by atoms with Gasteiger partial charge in [-0.25, -0.2) is 0 Å². The quantitative estimate of drug-likeness (QED) is 0.919. The molecule has 0 aromatic heterocycles. The van der Waals surface area contributed by atoms with Crippen molar-refractivity contribution in [1.82, 2.24) is 0 Å². The van der Waals surface area contributed by atoms with E-state index in [9.17, 15) is 4.79 Å². The molecule has 2 aromatic carbocycles. The van der Waals surface area contributed by atoms with Crippen LogP contribution < -0.4 is 10.1 Å². The van der Waals surface area contributed by atoms with E-state index in [-0.39, 0.29) is 5.91 Å². The molecule has 0 aliphatic heterocycles. The number of rotatable bonds is 4. The van der Waals surface area contributed by atoms with Gasteiger partial charge in [0.1, 0.15) is 5.75 Å². The molecule has 0 aliphatic rings. The van der Waals surface area contributed by atoms with Gasteiger partial charge in [-0.1, -0.05) is 35.9 Å². The van der Waals surface area contributed by atoms with Crippen molar-refractivity contribution < 1.29 is 9.53 Å². The highest BCUT2D eigenvalue weighted by Crippen LogP contribution is 2.23. The Balaban J connectivity index is 2.08. The number of carbonyl (C=O) groups is 1. The van der Waals surface area contributed by atoms with Crippen molar-refractivity contribution in [3.8, 4) is 5.75 Å². The molecule has 0 unspecified atom stereocenters. The maximum atomic E-state index is 12.3. The van der Waals surface area contributed by atoms with Crippen molar-refractivity contribution in [3.63, 3.8) is 0 Å². The van der Waals surface area contributed by atoms with E-state index >= 15 is 0 Å². The molecule has 0 aliphatic carbocycles. The van der Waals surface area contributed by atoms with Gasteiger partial charge in [-0.3, -0.25) is 4.79 Å². The molecule has 20 heavy (non-hydrogen) atoms. The van der Waals surface area contributed by atoms with Crippen molar-refractivity contribution in [2.75, 3.05) is 5.32 Å². The minimum atomic E-state index is -0.999. The zero-order valence-corrected chi connectivity index (χ0v) is 12.1. The van der Waals surface area contributed by atoms with Gasteiger partial charge in [-0.2, -0.15) is 0 Å². The van der Waals surface area contributed by atoms with Crippen LogP contribution in [-0.2, 0) is 4.79 Å². The standard InChI is InChI=1S/C16H16ClNO2/c1-16(2,20-14-10-6-7-12(17)11-14)15(19)18-13-8-4-3-5-9-13/h3-11H,1-2H3,(H,18,19). The van der Waals surface area contributed by atoms with Gasteiger partial charge in [0, 0.05) is 10.7 Å². The van der Waals surface area contributed by atoms with Crippen LogP contribution in [0.25, 0.3) is 0 Å². The molecule has 0 bridgehead atoms. The molecule has 0 saturated carbocycles. The number of benzene rings is 2. The van der Waals surface area contributed by atoms with Crippen LogP contribution in [0, 0.1) is 0 Å². The number of ether oxygens (including phenoxy) is 1. The fraction of sp³-hybridized carbons (Fsp3) is 0.188. The van der Waals surface area contributed by atoms with E-state index in [0.717, 1.165) is 5.69 Å². The predicted octanol–water partition coefficient (Wildman–Crippen LogP) is 4.14. The van der Waals surface area contributed by atoms with Crippen LogP contribution in [0.1, 0.15) is 13.8 Å². The highest BCUT2D eigenvalue weighted by atomic mass is 35.5. The highest BCUT2D eigenvalue weighted by molar-refractivity contribution is 6.30. The summed E-state index contributed by atoms with van der Waals surface area (Å²) in [6.07, 6.45) is 0. The average molecular weight is 290 g/mol. The summed E-state index contributed by atoms with van der Waals surface area (Å²) in [5.74, 6) is 0.342. The van der Waals surface area contributed by atoms with Crippen molar-refractivity contribution in [2.24, 2.45) is 0 Å². The Morgan fingerprint density at radius 2 is 1.80 bits per heavy atom. The largest absolute Gasteiger partial charge is 0.478 e. The summed E-state index contributed by atoms with van der Waals surface area (Å²) in [6, 6.07) is 16.3. The maximum Gasteiger partial charge on any atom is 0.267 e. The van der Waals surface area contributed by atoms with E-state index in [0.29, 0.717) is 10.8 Å². The Morgan fingerprint density at radius 3 is 2.45 bits per heavy atom. The fourth-order valence-corrected chi connectivity index (χ4v) is 1.85. The van der Waals surface area contributed by atoms with Gasteiger partial charge in [-0.05, 0) is 44.2 Å². The molecule has 2 aromatic rings. The number of anilines is 1. The van der Waals surface area contributed by atoms with Crippen LogP contribution in [0.15, 0.2) is 54.6 Å². The van der Waals surface area contributed by atoms with E-state index < -0.39 is 5.60 Å². The number of halogens is 1. The Kier molecular flexibility index (Phi) is 4.30. The molecule has 4 heteroatoms. The van der Waals surface area contributed by atoms with E-state index in [1.54, 1.807) is 38.1 Å². The first kappa shape index (κ1) is 14.4. The molecule has 3 nitrogen and oxygen atoms in total. The van der Waals surface area contributed by atoms with Crippen LogP contribution in [-0.4, -0.2) is 11.5 Å². The Bertz CT molecular complexity index is 596. The summed E-state index contributed by atoms with van der Waals surface area (Å²) in [5, 5.41) is 3.39. The van der Waals surface area contributed by atoms with Gasteiger partial charge in [0.25, 0.3) is 5.91 Å². The van der Waals surface area contributed by atoms with Crippen molar-refractivity contribution in [3.05, 3.63) is 59.6 Å². The highest BCUT2D eigenvalue weighted by Gasteiger charge is 2.30. The van der Waals surface area contributed by atoms with Gasteiger partial charge in [0.05, 0.1) is 0 Å². The Morgan fingerprint density at radius 1 is 1.10 bits per heavy atom. The van der Waals surface area contributed by atoms with E-state index in [1.165, 1.54) is 0 Å². The first-order valence-corrected chi connectivity index (χ1v) is 6.66.